The van der Waals surface area contributed by atoms with E-state index in [0.717, 1.165) is 62.8 Å². The summed E-state index contributed by atoms with van der Waals surface area (Å²) < 4.78 is 13.4. The van der Waals surface area contributed by atoms with E-state index in [4.69, 9.17) is 14.6 Å². The third-order valence-corrected chi connectivity index (χ3v) is 16.5. The molecule has 300 valence electrons. The number of aliphatic carboxylic acids is 1. The summed E-state index contributed by atoms with van der Waals surface area (Å²) in [6.45, 7) is 19.8. The van der Waals surface area contributed by atoms with E-state index < -0.39 is 17.4 Å². The molecule has 0 aromatic carbocycles. The van der Waals surface area contributed by atoms with Gasteiger partial charge in [0.25, 0.3) is 0 Å². The van der Waals surface area contributed by atoms with E-state index in [-0.39, 0.29) is 45.5 Å². The number of fused-ring (bicyclic) bond motifs is 7. The van der Waals surface area contributed by atoms with Crippen molar-refractivity contribution in [1.29, 1.82) is 0 Å². The first-order valence-electron chi connectivity index (χ1n) is 20.6. The summed E-state index contributed by atoms with van der Waals surface area (Å²) in [5.74, 6) is 2.76. The summed E-state index contributed by atoms with van der Waals surface area (Å²) in [6.07, 6.45) is 12.2. The predicted octanol–water partition coefficient (Wildman–Crippen LogP) is 8.22. The smallest absolute Gasteiger partial charge is 0.309 e. The highest BCUT2D eigenvalue weighted by Crippen LogP contribution is 2.77. The number of ether oxygens (including phenoxy) is 2. The summed E-state index contributed by atoms with van der Waals surface area (Å²) in [7, 11) is 3.57. The van der Waals surface area contributed by atoms with Crippen LogP contribution < -0.4 is 4.74 Å². The maximum absolute atomic E-state index is 14.2. The SMILES string of the molecule is COc1cnc(-c2nnc(C[C@@]34CC[C@]5(C)[C@H](CC[C@@H]6[C@@]7(C)CC[C@H](OC(=O)CC(C)(C)C(=O)O)C(C)(C)[C@@H]7CC[C@]65C)C3=C(C(C)C)C(=O)C4)n2C)nc1. The number of hydrogen-bond acceptors (Lipinski definition) is 9. The van der Waals surface area contributed by atoms with Crippen LogP contribution in [0.1, 0.15) is 132 Å². The fraction of sp³-hybridized carbons (Fsp3) is 0.750. The monoisotopic (exact) mass is 757 g/mol. The molecular formula is C44H63N5O6. The molecule has 0 unspecified atom stereocenters. The Bertz CT molecular complexity index is 1910. The Balaban J connectivity index is 1.18. The van der Waals surface area contributed by atoms with Crippen molar-refractivity contribution in [2.45, 2.75) is 139 Å². The molecule has 0 amide bonds. The molecule has 8 atom stereocenters. The number of methoxy groups -OCH3 is 1. The van der Waals surface area contributed by atoms with Gasteiger partial charge in [-0.1, -0.05) is 54.0 Å². The Morgan fingerprint density at radius 2 is 1.64 bits per heavy atom. The minimum absolute atomic E-state index is 0.0192. The summed E-state index contributed by atoms with van der Waals surface area (Å²) in [4.78, 5) is 48.1. The molecule has 1 N–H and O–H groups in total. The van der Waals surface area contributed by atoms with Gasteiger partial charge < -0.3 is 19.1 Å². The molecule has 5 aliphatic carbocycles. The van der Waals surface area contributed by atoms with Gasteiger partial charge in [-0.15, -0.1) is 10.2 Å². The van der Waals surface area contributed by atoms with Gasteiger partial charge in [0.05, 0.1) is 31.3 Å². The molecule has 11 nitrogen and oxygen atoms in total. The van der Waals surface area contributed by atoms with Crippen LogP contribution >= 0.6 is 0 Å². The molecule has 55 heavy (non-hydrogen) atoms. The molecule has 0 saturated heterocycles. The van der Waals surface area contributed by atoms with Crippen LogP contribution in [0.4, 0.5) is 0 Å². The Kier molecular flexibility index (Phi) is 9.52. The molecule has 5 aliphatic rings. The number of hydrogen-bond donors (Lipinski definition) is 1. The van der Waals surface area contributed by atoms with Crippen LogP contribution in [-0.4, -0.2) is 60.8 Å². The minimum atomic E-state index is -1.17. The largest absolute Gasteiger partial charge is 0.494 e. The third-order valence-electron chi connectivity index (χ3n) is 16.5. The van der Waals surface area contributed by atoms with Crippen LogP contribution in [0, 0.1) is 56.2 Å². The van der Waals surface area contributed by atoms with E-state index in [1.54, 1.807) is 33.4 Å². The van der Waals surface area contributed by atoms with E-state index >= 15 is 0 Å². The number of carbonyl (C=O) groups excluding carboxylic acids is 2. The standard InChI is InChI=1S/C44H63N5O6/c1-25(2)34-28(50)20-44(21-32-47-48-37(49(32)10)36-45-23-26(54-11)24-46-36)19-18-42(8)27(35(34)44)12-13-30-41(7)16-15-31(55-33(51)22-39(3,4)38(52)53)40(5,6)29(41)14-17-43(30,42)9/h23-25,27,29-31H,12-22H2,1-11H3,(H,52,53)/t27-,29+,30-,31+,41+,42-,43-,44+/m1/s1. The molecule has 0 aliphatic heterocycles. The molecule has 0 bridgehead atoms. The molecule has 4 fully saturated rings. The molecule has 0 spiro atoms. The highest BCUT2D eigenvalue weighted by Gasteiger charge is 2.70. The number of nitrogens with zero attached hydrogens (tertiary/aromatic N) is 5. The number of esters is 1. The number of carbonyl (C=O) groups is 3. The van der Waals surface area contributed by atoms with Gasteiger partial charge in [0, 0.05) is 30.7 Å². The second-order valence-corrected chi connectivity index (χ2v) is 20.3. The van der Waals surface area contributed by atoms with Crippen molar-refractivity contribution in [2.75, 3.05) is 7.11 Å². The molecule has 11 heteroatoms. The fourth-order valence-electron chi connectivity index (χ4n) is 13.3. The molecule has 2 aromatic heterocycles. The maximum Gasteiger partial charge on any atom is 0.309 e. The molecular weight excluding hydrogens is 695 g/mol. The number of allylic oxidation sites excluding steroid dienone is 2. The van der Waals surface area contributed by atoms with Crippen molar-refractivity contribution in [3.8, 4) is 17.4 Å². The van der Waals surface area contributed by atoms with E-state index in [1.807, 2.05) is 11.6 Å². The zero-order valence-electron chi connectivity index (χ0n) is 35.0. The predicted molar refractivity (Wildman–Crippen MR) is 208 cm³/mol. The summed E-state index contributed by atoms with van der Waals surface area (Å²) >= 11 is 0. The van der Waals surface area contributed by atoms with E-state index in [9.17, 15) is 19.5 Å². The van der Waals surface area contributed by atoms with Crippen molar-refractivity contribution in [2.24, 2.45) is 63.2 Å². The zero-order valence-corrected chi connectivity index (χ0v) is 35.0. The Morgan fingerprint density at radius 3 is 2.27 bits per heavy atom. The lowest BCUT2D eigenvalue weighted by molar-refractivity contribution is -0.233. The molecule has 0 radical (unpaired) electrons. The number of Topliss-reactive ketones (excluding diaryl/α,β-unsaturated/α-hetero) is 1. The lowest BCUT2D eigenvalue weighted by atomic mass is 9.33. The Morgan fingerprint density at radius 1 is 0.945 bits per heavy atom. The molecule has 2 heterocycles. The zero-order chi connectivity index (χ0) is 40.1. The van der Waals surface area contributed by atoms with Gasteiger partial charge in [-0.2, -0.15) is 0 Å². The normalized spacial score (nSPS) is 35.5. The quantitative estimate of drug-likeness (QED) is 0.248. The third kappa shape index (κ3) is 5.90. The number of aromatic nitrogens is 5. The van der Waals surface area contributed by atoms with Crippen LogP contribution in [0.15, 0.2) is 23.5 Å². The summed E-state index contributed by atoms with van der Waals surface area (Å²) in [6, 6.07) is 0. The summed E-state index contributed by atoms with van der Waals surface area (Å²) in [5, 5.41) is 18.9. The molecule has 7 rings (SSSR count). The van der Waals surface area contributed by atoms with E-state index in [1.165, 1.54) is 5.57 Å². The number of ketones is 1. The maximum atomic E-state index is 14.2. The van der Waals surface area contributed by atoms with Crippen LogP contribution in [0.3, 0.4) is 0 Å². The first-order chi connectivity index (χ1) is 25.6. The fourth-order valence-corrected chi connectivity index (χ4v) is 13.3. The van der Waals surface area contributed by atoms with Gasteiger partial charge >= 0.3 is 11.9 Å². The average molecular weight is 758 g/mol. The lowest BCUT2D eigenvalue weighted by Gasteiger charge is -2.72. The Hall–Kier alpha value is -3.63. The van der Waals surface area contributed by atoms with Gasteiger partial charge in [0.2, 0.25) is 5.82 Å². The van der Waals surface area contributed by atoms with Crippen molar-refractivity contribution < 1.29 is 29.0 Å². The first-order valence-corrected chi connectivity index (χ1v) is 20.6. The first kappa shape index (κ1) is 39.6. The highest BCUT2D eigenvalue weighted by atomic mass is 16.5. The topological polar surface area (TPSA) is 146 Å². The average Bonchev–Trinajstić information content (AvgIpc) is 3.61. The van der Waals surface area contributed by atoms with Gasteiger partial charge in [-0.05, 0) is 111 Å². The van der Waals surface area contributed by atoms with Crippen LogP contribution in [0.2, 0.25) is 0 Å². The highest BCUT2D eigenvalue weighted by molar-refractivity contribution is 6.00. The second kappa shape index (κ2) is 13.2. The van der Waals surface area contributed by atoms with Crippen molar-refractivity contribution >= 4 is 17.7 Å². The van der Waals surface area contributed by atoms with Crippen molar-refractivity contribution in [1.82, 2.24) is 24.7 Å². The Labute approximate surface area is 326 Å². The van der Waals surface area contributed by atoms with Crippen LogP contribution in [-0.2, 0) is 32.6 Å². The van der Waals surface area contributed by atoms with Crippen molar-refractivity contribution in [3.05, 3.63) is 29.4 Å². The van der Waals surface area contributed by atoms with Crippen LogP contribution in [0.25, 0.3) is 11.6 Å². The van der Waals surface area contributed by atoms with Gasteiger partial charge in [-0.25, -0.2) is 9.97 Å². The number of carboxylic acids is 1. The van der Waals surface area contributed by atoms with Gasteiger partial charge in [0.1, 0.15) is 11.9 Å². The number of carboxylic acid groups (broad SMARTS) is 1. The van der Waals surface area contributed by atoms with Gasteiger partial charge in [0.15, 0.2) is 17.4 Å². The lowest BCUT2D eigenvalue weighted by Crippen LogP contribution is -2.65. The molecule has 2 aromatic rings. The summed E-state index contributed by atoms with van der Waals surface area (Å²) in [5.41, 5.74) is 0.945. The second-order valence-electron chi connectivity index (χ2n) is 20.3. The van der Waals surface area contributed by atoms with Gasteiger partial charge in [-0.3, -0.25) is 14.4 Å². The van der Waals surface area contributed by atoms with E-state index in [2.05, 4.69) is 63.5 Å². The van der Waals surface area contributed by atoms with Crippen LogP contribution in [0.5, 0.6) is 5.75 Å². The van der Waals surface area contributed by atoms with E-state index in [0.29, 0.717) is 53.8 Å². The number of rotatable bonds is 9. The van der Waals surface area contributed by atoms with Crippen molar-refractivity contribution in [3.63, 3.8) is 0 Å². The molecule has 4 saturated carbocycles. The minimum Gasteiger partial charge on any atom is -0.494 e.